The van der Waals surface area contributed by atoms with Crippen LogP contribution in [0.1, 0.15) is 16.8 Å². The fourth-order valence-electron chi connectivity index (χ4n) is 4.22. The topological polar surface area (TPSA) is 106 Å². The van der Waals surface area contributed by atoms with E-state index in [2.05, 4.69) is 10.3 Å². The summed E-state index contributed by atoms with van der Waals surface area (Å²) in [6, 6.07) is 23.0. The fraction of sp³-hybridized carbons (Fsp3) is 0.233. The Morgan fingerprint density at radius 1 is 0.875 bits per heavy atom. The predicted molar refractivity (Wildman–Crippen MR) is 155 cm³/mol. The van der Waals surface area contributed by atoms with Gasteiger partial charge in [-0.05, 0) is 54.1 Å². The molecule has 40 heavy (non-hydrogen) atoms. The molecule has 3 aromatic carbocycles. The Labute approximate surface area is 234 Å². The molecule has 0 fully saturated rings. The van der Waals surface area contributed by atoms with E-state index < -0.39 is 9.84 Å². The van der Waals surface area contributed by atoms with E-state index in [1.807, 2.05) is 43.3 Å². The number of ether oxygens (including phenoxy) is 2. The highest BCUT2D eigenvalue weighted by atomic mass is 32.2. The SMILES string of the molecule is CN(C)c1ncc2c(n1)Cc1cccc(c1)OCCOCCN=C2Nc1ccc(S(=O)(=O)c2ccccc2)cc1. The molecule has 2 bridgehead atoms. The highest BCUT2D eigenvalue weighted by Crippen LogP contribution is 2.24. The number of sulfone groups is 1. The number of amidine groups is 1. The van der Waals surface area contributed by atoms with Crippen LogP contribution in [-0.4, -0.2) is 64.7 Å². The second-order valence-corrected chi connectivity index (χ2v) is 11.4. The predicted octanol–water partition coefficient (Wildman–Crippen LogP) is 4.23. The van der Waals surface area contributed by atoms with Gasteiger partial charge in [-0.2, -0.15) is 0 Å². The van der Waals surface area contributed by atoms with Crippen molar-refractivity contribution >= 4 is 27.3 Å². The molecule has 1 aliphatic rings. The first-order chi connectivity index (χ1) is 19.4. The quantitative estimate of drug-likeness (QED) is 0.397. The van der Waals surface area contributed by atoms with Gasteiger partial charge in [-0.3, -0.25) is 4.99 Å². The highest BCUT2D eigenvalue weighted by Gasteiger charge is 2.19. The maximum Gasteiger partial charge on any atom is 0.225 e. The minimum atomic E-state index is -3.62. The Morgan fingerprint density at radius 2 is 1.65 bits per heavy atom. The molecule has 5 rings (SSSR count). The molecule has 1 aromatic heterocycles. The Kier molecular flexibility index (Phi) is 8.37. The van der Waals surface area contributed by atoms with Gasteiger partial charge in [0, 0.05) is 32.4 Å². The molecule has 0 amide bonds. The van der Waals surface area contributed by atoms with Crippen molar-refractivity contribution in [2.45, 2.75) is 16.2 Å². The van der Waals surface area contributed by atoms with Gasteiger partial charge in [0.05, 0.1) is 40.8 Å². The Hall–Kier alpha value is -4.28. The van der Waals surface area contributed by atoms with Gasteiger partial charge in [-0.1, -0.05) is 30.3 Å². The summed E-state index contributed by atoms with van der Waals surface area (Å²) in [5, 5.41) is 3.37. The van der Waals surface area contributed by atoms with Gasteiger partial charge in [0.15, 0.2) is 0 Å². The molecule has 0 spiro atoms. The second-order valence-electron chi connectivity index (χ2n) is 9.41. The standard InChI is InChI=1S/C30H31N5O4S/c1-35(2)30-32-21-27-28(34-30)20-22-7-6-8-24(19-22)39-18-17-38-16-15-31-29(27)33-23-11-13-26(14-12-23)40(36,37)25-9-4-3-5-10-25/h3-14,19,21H,15-18,20H2,1-2H3,(H,31,33). The normalized spacial score (nSPS) is 14.2. The van der Waals surface area contributed by atoms with E-state index >= 15 is 0 Å². The van der Waals surface area contributed by atoms with E-state index in [0.717, 1.165) is 22.6 Å². The third kappa shape index (κ3) is 6.47. The number of nitrogens with zero attached hydrogens (tertiary/aromatic N) is 4. The molecule has 9 nitrogen and oxygen atoms in total. The summed E-state index contributed by atoms with van der Waals surface area (Å²) in [6.45, 7) is 1.71. The lowest BCUT2D eigenvalue weighted by atomic mass is 10.0. The number of anilines is 2. The van der Waals surface area contributed by atoms with E-state index in [1.54, 1.807) is 60.8 Å². The maximum atomic E-state index is 13.0. The molecule has 2 heterocycles. The summed E-state index contributed by atoms with van der Waals surface area (Å²) in [5.41, 5.74) is 3.26. The van der Waals surface area contributed by atoms with Gasteiger partial charge in [-0.25, -0.2) is 18.4 Å². The smallest absolute Gasteiger partial charge is 0.225 e. The van der Waals surface area contributed by atoms with Crippen molar-refractivity contribution in [2.75, 3.05) is 50.7 Å². The Bertz CT molecular complexity index is 1590. The van der Waals surface area contributed by atoms with Crippen LogP contribution < -0.4 is 15.0 Å². The fourth-order valence-corrected chi connectivity index (χ4v) is 5.50. The van der Waals surface area contributed by atoms with Crippen molar-refractivity contribution in [3.8, 4) is 5.75 Å². The van der Waals surface area contributed by atoms with E-state index in [4.69, 9.17) is 19.5 Å². The number of benzene rings is 3. The monoisotopic (exact) mass is 557 g/mol. The van der Waals surface area contributed by atoms with E-state index in [-0.39, 0.29) is 9.79 Å². The van der Waals surface area contributed by atoms with Crippen molar-refractivity contribution in [3.63, 3.8) is 0 Å². The van der Waals surface area contributed by atoms with Crippen LogP contribution in [0.15, 0.2) is 99.8 Å². The van der Waals surface area contributed by atoms with E-state index in [9.17, 15) is 8.42 Å². The zero-order valence-electron chi connectivity index (χ0n) is 22.4. The molecule has 1 N–H and O–H groups in total. The third-order valence-corrected chi connectivity index (χ3v) is 8.05. The summed E-state index contributed by atoms with van der Waals surface area (Å²) in [6.07, 6.45) is 2.31. The van der Waals surface area contributed by atoms with Crippen LogP contribution in [0, 0.1) is 0 Å². The molecule has 4 aromatic rings. The molecule has 206 valence electrons. The first-order valence-corrected chi connectivity index (χ1v) is 14.4. The van der Waals surface area contributed by atoms with Crippen LogP contribution in [0.5, 0.6) is 5.75 Å². The summed E-state index contributed by atoms with van der Waals surface area (Å²) in [5.74, 6) is 1.94. The highest BCUT2D eigenvalue weighted by molar-refractivity contribution is 7.91. The van der Waals surface area contributed by atoms with E-state index in [1.165, 1.54) is 0 Å². The Morgan fingerprint density at radius 3 is 2.42 bits per heavy atom. The minimum absolute atomic E-state index is 0.215. The molecule has 0 atom stereocenters. The van der Waals surface area contributed by atoms with E-state index in [0.29, 0.717) is 50.3 Å². The summed E-state index contributed by atoms with van der Waals surface area (Å²) in [7, 11) is 0.177. The zero-order chi connectivity index (χ0) is 28.0. The average molecular weight is 558 g/mol. The average Bonchev–Trinajstić information content (AvgIpc) is 2.96. The molecule has 0 unspecified atom stereocenters. The van der Waals surface area contributed by atoms with Crippen LogP contribution >= 0.6 is 0 Å². The van der Waals surface area contributed by atoms with Gasteiger partial charge in [0.1, 0.15) is 18.2 Å². The number of hydrogen-bond donors (Lipinski definition) is 1. The number of rotatable bonds is 4. The summed E-state index contributed by atoms with van der Waals surface area (Å²) < 4.78 is 37.6. The molecule has 10 heteroatoms. The van der Waals surface area contributed by atoms with Crippen molar-refractivity contribution < 1.29 is 17.9 Å². The van der Waals surface area contributed by atoms with Gasteiger partial charge in [0.2, 0.25) is 15.8 Å². The maximum absolute atomic E-state index is 13.0. The van der Waals surface area contributed by atoms with Gasteiger partial charge in [0.25, 0.3) is 0 Å². The van der Waals surface area contributed by atoms with Crippen molar-refractivity contribution in [1.82, 2.24) is 9.97 Å². The molecule has 1 aliphatic heterocycles. The van der Waals surface area contributed by atoms with Crippen LogP contribution in [0.4, 0.5) is 11.6 Å². The number of fused-ring (bicyclic) bond motifs is 3. The van der Waals surface area contributed by atoms with Gasteiger partial charge < -0.3 is 19.7 Å². The zero-order valence-corrected chi connectivity index (χ0v) is 23.3. The van der Waals surface area contributed by atoms with Gasteiger partial charge in [-0.15, -0.1) is 0 Å². The van der Waals surface area contributed by atoms with Crippen LogP contribution in [0.2, 0.25) is 0 Å². The van der Waals surface area contributed by atoms with Gasteiger partial charge >= 0.3 is 0 Å². The number of nitrogens with one attached hydrogen (secondary N) is 1. The Balaban J connectivity index is 1.50. The number of aliphatic imine (C=N–C) groups is 1. The van der Waals surface area contributed by atoms with Crippen LogP contribution in [0.3, 0.4) is 0 Å². The number of aromatic nitrogens is 2. The summed E-state index contributed by atoms with van der Waals surface area (Å²) >= 11 is 0. The number of hydrogen-bond acceptors (Lipinski definition) is 9. The molecular weight excluding hydrogens is 526 g/mol. The first-order valence-electron chi connectivity index (χ1n) is 12.9. The summed E-state index contributed by atoms with van der Waals surface area (Å²) in [4.78, 5) is 16.5. The minimum Gasteiger partial charge on any atom is -0.491 e. The lowest BCUT2D eigenvalue weighted by Crippen LogP contribution is -2.21. The first kappa shape index (κ1) is 27.3. The van der Waals surface area contributed by atoms with Crippen LogP contribution in [0.25, 0.3) is 0 Å². The van der Waals surface area contributed by atoms with Crippen LogP contribution in [-0.2, 0) is 21.0 Å². The molecular formula is C30H31N5O4S. The second kappa shape index (κ2) is 12.3. The molecule has 0 saturated heterocycles. The van der Waals surface area contributed by atoms with Crippen molar-refractivity contribution in [2.24, 2.45) is 4.99 Å². The third-order valence-electron chi connectivity index (χ3n) is 6.26. The molecule has 0 saturated carbocycles. The molecule has 0 aliphatic carbocycles. The van der Waals surface area contributed by atoms with Crippen molar-refractivity contribution in [3.05, 3.63) is 102 Å². The largest absolute Gasteiger partial charge is 0.491 e. The molecule has 0 radical (unpaired) electrons. The lowest BCUT2D eigenvalue weighted by Gasteiger charge is -2.18. The van der Waals surface area contributed by atoms with Crippen molar-refractivity contribution in [1.29, 1.82) is 0 Å². The lowest BCUT2D eigenvalue weighted by molar-refractivity contribution is 0.106.